The molecule has 0 fully saturated rings. The molecule has 0 saturated carbocycles. The molecule has 0 amide bonds. The summed E-state index contributed by atoms with van der Waals surface area (Å²) in [6.45, 7) is 2.09. The van der Waals surface area contributed by atoms with Crippen LogP contribution >= 0.6 is 11.6 Å². The van der Waals surface area contributed by atoms with Crippen molar-refractivity contribution >= 4 is 21.6 Å². The molecule has 0 radical (unpaired) electrons. The monoisotopic (exact) mass is 327 g/mol. The third kappa shape index (κ3) is 3.29. The lowest BCUT2D eigenvalue weighted by atomic mass is 10.1. The molecule has 2 rings (SSSR count). The minimum absolute atomic E-state index is 0.208. The van der Waals surface area contributed by atoms with E-state index < -0.39 is 10.0 Å². The summed E-state index contributed by atoms with van der Waals surface area (Å²) in [5, 5.41) is 0.581. The second kappa shape index (κ2) is 6.19. The van der Waals surface area contributed by atoms with Crippen LogP contribution in [0.5, 0.6) is 0 Å². The summed E-state index contributed by atoms with van der Waals surface area (Å²) in [4.78, 5) is 3.06. The molecular formula is C14H18ClN3O2S. The van der Waals surface area contributed by atoms with Crippen LogP contribution < -0.4 is 5.73 Å². The third-order valence-electron chi connectivity index (χ3n) is 3.49. The summed E-state index contributed by atoms with van der Waals surface area (Å²) >= 11 is 5.96. The van der Waals surface area contributed by atoms with Crippen molar-refractivity contribution in [2.24, 2.45) is 5.73 Å². The van der Waals surface area contributed by atoms with Crippen molar-refractivity contribution in [2.75, 3.05) is 7.05 Å². The van der Waals surface area contributed by atoms with Crippen LogP contribution in [0.3, 0.4) is 0 Å². The molecule has 7 heteroatoms. The Labute approximate surface area is 129 Å². The number of sulfonamides is 1. The number of hydrogen-bond acceptors (Lipinski definition) is 3. The van der Waals surface area contributed by atoms with Gasteiger partial charge in [0.15, 0.2) is 0 Å². The van der Waals surface area contributed by atoms with Crippen molar-refractivity contribution in [1.29, 1.82) is 0 Å². The zero-order valence-electron chi connectivity index (χ0n) is 11.9. The summed E-state index contributed by atoms with van der Waals surface area (Å²) in [7, 11) is -2.03. The summed E-state index contributed by atoms with van der Waals surface area (Å²) in [5.41, 5.74) is 7.01. The molecule has 2 aromatic rings. The van der Waals surface area contributed by atoms with Crippen LogP contribution in [0.2, 0.25) is 5.02 Å². The lowest BCUT2D eigenvalue weighted by Crippen LogP contribution is -2.29. The van der Waals surface area contributed by atoms with Gasteiger partial charge in [-0.05, 0) is 30.7 Å². The molecule has 114 valence electrons. The van der Waals surface area contributed by atoms with Crippen molar-refractivity contribution < 1.29 is 8.42 Å². The molecule has 1 heterocycles. The van der Waals surface area contributed by atoms with Gasteiger partial charge in [0.25, 0.3) is 0 Å². The van der Waals surface area contributed by atoms with E-state index in [2.05, 4.69) is 4.98 Å². The van der Waals surface area contributed by atoms with Gasteiger partial charge in [0.2, 0.25) is 10.0 Å². The first-order valence-electron chi connectivity index (χ1n) is 6.47. The van der Waals surface area contributed by atoms with E-state index in [1.807, 2.05) is 13.0 Å². The predicted molar refractivity (Wildman–Crippen MR) is 83.5 cm³/mol. The number of aromatic nitrogens is 1. The van der Waals surface area contributed by atoms with Crippen molar-refractivity contribution in [1.82, 2.24) is 9.29 Å². The maximum atomic E-state index is 12.6. The summed E-state index contributed by atoms with van der Waals surface area (Å²) < 4.78 is 26.5. The fourth-order valence-electron chi connectivity index (χ4n) is 2.04. The molecule has 0 saturated heterocycles. The first-order valence-corrected chi connectivity index (χ1v) is 8.29. The standard InChI is InChI=1S/C14H18ClN3O2S/c1-10(11-4-3-5-12(15)6-11)18(2)21(19,20)14-7-13(8-16)17-9-14/h3-7,9-10,17H,8,16H2,1-2H3. The van der Waals surface area contributed by atoms with Gasteiger partial charge in [0.05, 0.1) is 4.90 Å². The Hall–Kier alpha value is -1.34. The quantitative estimate of drug-likeness (QED) is 0.885. The van der Waals surface area contributed by atoms with Gasteiger partial charge in [-0.3, -0.25) is 0 Å². The average Bonchev–Trinajstić information content (AvgIpc) is 2.95. The molecule has 1 aromatic heterocycles. The van der Waals surface area contributed by atoms with Crippen LogP contribution in [0.15, 0.2) is 41.4 Å². The summed E-state index contributed by atoms with van der Waals surface area (Å²) in [6, 6.07) is 8.40. The van der Waals surface area contributed by atoms with Gasteiger partial charge in [-0.25, -0.2) is 8.42 Å². The zero-order valence-corrected chi connectivity index (χ0v) is 13.4. The van der Waals surface area contributed by atoms with Crippen LogP contribution in [0.1, 0.15) is 24.2 Å². The van der Waals surface area contributed by atoms with E-state index in [0.29, 0.717) is 10.7 Å². The number of rotatable bonds is 5. The van der Waals surface area contributed by atoms with Gasteiger partial charge in [-0.15, -0.1) is 0 Å². The largest absolute Gasteiger partial charge is 0.363 e. The first kappa shape index (κ1) is 16.0. The smallest absolute Gasteiger partial charge is 0.244 e. The maximum absolute atomic E-state index is 12.6. The Morgan fingerprint density at radius 2 is 2.10 bits per heavy atom. The number of benzene rings is 1. The van der Waals surface area contributed by atoms with Crippen LogP contribution in [0.25, 0.3) is 0 Å². The number of H-pyrrole nitrogens is 1. The van der Waals surface area contributed by atoms with E-state index in [1.54, 1.807) is 31.3 Å². The molecule has 21 heavy (non-hydrogen) atoms. The van der Waals surface area contributed by atoms with Crippen LogP contribution in [-0.2, 0) is 16.6 Å². The van der Waals surface area contributed by atoms with Crippen LogP contribution in [-0.4, -0.2) is 24.8 Å². The molecule has 0 aliphatic carbocycles. The van der Waals surface area contributed by atoms with E-state index in [-0.39, 0.29) is 17.5 Å². The molecule has 0 spiro atoms. The number of halogens is 1. The molecule has 5 nitrogen and oxygen atoms in total. The highest BCUT2D eigenvalue weighted by Gasteiger charge is 2.27. The van der Waals surface area contributed by atoms with Crippen LogP contribution in [0, 0.1) is 0 Å². The maximum Gasteiger partial charge on any atom is 0.244 e. The molecule has 0 bridgehead atoms. The van der Waals surface area contributed by atoms with E-state index in [4.69, 9.17) is 17.3 Å². The highest BCUT2D eigenvalue weighted by molar-refractivity contribution is 7.89. The van der Waals surface area contributed by atoms with Gasteiger partial charge in [0, 0.05) is 36.5 Å². The Kier molecular flexibility index (Phi) is 4.73. The molecule has 1 aromatic carbocycles. The van der Waals surface area contributed by atoms with Gasteiger partial charge in [-0.1, -0.05) is 23.7 Å². The van der Waals surface area contributed by atoms with Crippen molar-refractivity contribution in [3.63, 3.8) is 0 Å². The highest BCUT2D eigenvalue weighted by Crippen LogP contribution is 2.27. The van der Waals surface area contributed by atoms with Crippen molar-refractivity contribution in [3.8, 4) is 0 Å². The molecule has 1 unspecified atom stereocenters. The minimum atomic E-state index is -3.59. The number of nitrogens with one attached hydrogen (secondary N) is 1. The van der Waals surface area contributed by atoms with E-state index in [9.17, 15) is 8.42 Å². The Morgan fingerprint density at radius 1 is 1.38 bits per heavy atom. The first-order chi connectivity index (χ1) is 9.86. The minimum Gasteiger partial charge on any atom is -0.363 e. The Morgan fingerprint density at radius 3 is 2.67 bits per heavy atom. The van der Waals surface area contributed by atoms with Crippen molar-refractivity contribution in [3.05, 3.63) is 52.8 Å². The lowest BCUT2D eigenvalue weighted by Gasteiger charge is -2.24. The number of nitrogens with zero attached hydrogens (tertiary/aromatic N) is 1. The Balaban J connectivity index is 2.31. The van der Waals surface area contributed by atoms with Crippen LogP contribution in [0.4, 0.5) is 0 Å². The van der Waals surface area contributed by atoms with E-state index in [0.717, 1.165) is 5.56 Å². The summed E-state index contributed by atoms with van der Waals surface area (Å²) in [5.74, 6) is 0. The molecule has 1 atom stereocenters. The third-order valence-corrected chi connectivity index (χ3v) is 5.63. The SMILES string of the molecule is CC(c1cccc(Cl)c1)N(C)S(=O)(=O)c1c[nH]c(CN)c1. The normalized spacial score (nSPS) is 13.6. The predicted octanol–water partition coefficient (Wildman–Crippen LogP) is 2.51. The van der Waals surface area contributed by atoms with Crippen molar-refractivity contribution in [2.45, 2.75) is 24.4 Å². The van der Waals surface area contributed by atoms with Gasteiger partial charge < -0.3 is 10.7 Å². The lowest BCUT2D eigenvalue weighted by molar-refractivity contribution is 0.398. The fourth-order valence-corrected chi connectivity index (χ4v) is 3.60. The van der Waals surface area contributed by atoms with Gasteiger partial charge in [0.1, 0.15) is 0 Å². The molecular weight excluding hydrogens is 310 g/mol. The summed E-state index contributed by atoms with van der Waals surface area (Å²) in [6.07, 6.45) is 1.46. The number of aromatic amines is 1. The fraction of sp³-hybridized carbons (Fsp3) is 0.286. The van der Waals surface area contributed by atoms with E-state index >= 15 is 0 Å². The van der Waals surface area contributed by atoms with Gasteiger partial charge >= 0.3 is 0 Å². The second-order valence-corrected chi connectivity index (χ2v) is 7.25. The van der Waals surface area contributed by atoms with Gasteiger partial charge in [-0.2, -0.15) is 4.31 Å². The average molecular weight is 328 g/mol. The van der Waals surface area contributed by atoms with E-state index in [1.165, 1.54) is 10.5 Å². The highest BCUT2D eigenvalue weighted by atomic mass is 35.5. The zero-order chi connectivity index (χ0) is 15.6. The number of hydrogen-bond donors (Lipinski definition) is 2. The molecule has 0 aliphatic rings. The second-order valence-electron chi connectivity index (χ2n) is 4.82. The molecule has 0 aliphatic heterocycles. The number of nitrogens with two attached hydrogens (primary N) is 1. The molecule has 3 N–H and O–H groups in total. The topological polar surface area (TPSA) is 79.2 Å². The Bertz CT molecular complexity index is 727.